The zero-order chi connectivity index (χ0) is 22.0. The van der Waals surface area contributed by atoms with E-state index in [-0.39, 0.29) is 10.7 Å². The van der Waals surface area contributed by atoms with Gasteiger partial charge in [-0.05, 0) is 48.4 Å². The molecule has 0 saturated heterocycles. The second-order valence-electron chi connectivity index (χ2n) is 7.16. The Morgan fingerprint density at radius 2 is 1.90 bits per heavy atom. The van der Waals surface area contributed by atoms with Crippen LogP contribution in [0.25, 0.3) is 10.9 Å². The van der Waals surface area contributed by atoms with Gasteiger partial charge in [-0.2, -0.15) is 9.97 Å². The molecule has 158 valence electrons. The van der Waals surface area contributed by atoms with E-state index in [9.17, 15) is 9.35 Å². The molecule has 8 heteroatoms. The molecule has 4 rings (SSSR count). The summed E-state index contributed by atoms with van der Waals surface area (Å²) in [6.45, 7) is 2.38. The molecule has 0 saturated carbocycles. The van der Waals surface area contributed by atoms with Crippen LogP contribution < -0.4 is 15.6 Å². The van der Waals surface area contributed by atoms with Crippen LogP contribution in [0.1, 0.15) is 11.1 Å². The summed E-state index contributed by atoms with van der Waals surface area (Å²) in [6.07, 6.45) is 3.21. The van der Waals surface area contributed by atoms with Gasteiger partial charge in [0.25, 0.3) is 5.56 Å². The van der Waals surface area contributed by atoms with Gasteiger partial charge in [-0.1, -0.05) is 24.3 Å². The van der Waals surface area contributed by atoms with Gasteiger partial charge in [0.05, 0.1) is 19.2 Å². The van der Waals surface area contributed by atoms with Crippen LogP contribution in [0, 0.1) is 6.92 Å². The third-order valence-electron chi connectivity index (χ3n) is 4.85. The van der Waals surface area contributed by atoms with Crippen molar-refractivity contribution in [2.24, 2.45) is 0 Å². The maximum atomic E-state index is 13.4. The van der Waals surface area contributed by atoms with Crippen molar-refractivity contribution in [2.45, 2.75) is 18.6 Å². The van der Waals surface area contributed by atoms with Crippen molar-refractivity contribution >= 4 is 33.6 Å². The molecule has 1 N–H and O–H groups in total. The van der Waals surface area contributed by atoms with Crippen LogP contribution in [-0.4, -0.2) is 32.5 Å². The highest BCUT2D eigenvalue weighted by Gasteiger charge is 2.18. The van der Waals surface area contributed by atoms with E-state index in [4.69, 9.17) is 4.74 Å². The number of nitrogens with zero attached hydrogens (tertiary/aromatic N) is 3. The number of hydrogen-bond acceptors (Lipinski definition) is 6. The fourth-order valence-corrected chi connectivity index (χ4v) is 3.74. The van der Waals surface area contributed by atoms with E-state index in [1.165, 1.54) is 6.26 Å². The van der Waals surface area contributed by atoms with Crippen molar-refractivity contribution in [2.75, 3.05) is 18.7 Å². The highest BCUT2D eigenvalue weighted by molar-refractivity contribution is 7.90. The molecule has 0 aliphatic carbocycles. The lowest BCUT2D eigenvalue weighted by Gasteiger charge is -2.13. The SMILES string of the molecule is COc1ccc(Cn2ccc3nc([S+](C)[O-])nc(Nc4cccc(C)c4)c3c2=O)cc1. The smallest absolute Gasteiger partial charge is 0.344 e. The Balaban J connectivity index is 1.81. The molecule has 0 bridgehead atoms. The highest BCUT2D eigenvalue weighted by Crippen LogP contribution is 2.23. The van der Waals surface area contributed by atoms with Gasteiger partial charge in [-0.15, -0.1) is 0 Å². The van der Waals surface area contributed by atoms with Gasteiger partial charge in [-0.3, -0.25) is 4.79 Å². The quantitative estimate of drug-likeness (QED) is 0.368. The molecule has 2 aromatic carbocycles. The molecule has 2 heterocycles. The average Bonchev–Trinajstić information content (AvgIpc) is 2.76. The zero-order valence-electron chi connectivity index (χ0n) is 17.5. The standard InChI is InChI=1S/C23H22N4O3S/c1-15-5-4-6-17(13-15)24-21-20-19(25-23(26-21)31(3)29)11-12-27(22(20)28)14-16-7-9-18(30-2)10-8-16/h4-13H,14H2,1-3H3,(H,24,25,26). The van der Waals surface area contributed by atoms with Gasteiger partial charge < -0.3 is 19.2 Å². The summed E-state index contributed by atoms with van der Waals surface area (Å²) in [5.74, 6) is 1.10. The Hall–Kier alpha value is -3.36. The number of anilines is 2. The summed E-state index contributed by atoms with van der Waals surface area (Å²) in [6, 6.07) is 17.1. The van der Waals surface area contributed by atoms with E-state index in [1.807, 2.05) is 55.5 Å². The third kappa shape index (κ3) is 4.55. The van der Waals surface area contributed by atoms with Gasteiger partial charge in [0, 0.05) is 23.1 Å². The lowest BCUT2D eigenvalue weighted by atomic mass is 10.2. The number of fused-ring (bicyclic) bond motifs is 1. The fourth-order valence-electron chi connectivity index (χ4n) is 3.29. The molecular formula is C23H22N4O3S. The number of ether oxygens (including phenoxy) is 1. The fraction of sp³-hybridized carbons (Fsp3) is 0.174. The predicted octanol–water partition coefficient (Wildman–Crippen LogP) is 3.64. The Kier molecular flexibility index (Phi) is 5.92. The van der Waals surface area contributed by atoms with Crippen LogP contribution in [0.4, 0.5) is 11.5 Å². The van der Waals surface area contributed by atoms with Gasteiger partial charge >= 0.3 is 5.16 Å². The second kappa shape index (κ2) is 8.79. The molecule has 0 amide bonds. The van der Waals surface area contributed by atoms with Crippen molar-refractivity contribution < 1.29 is 9.29 Å². The Labute approximate surface area is 182 Å². The van der Waals surface area contributed by atoms with Gasteiger partial charge in [-0.25, -0.2) is 0 Å². The van der Waals surface area contributed by atoms with E-state index >= 15 is 0 Å². The van der Waals surface area contributed by atoms with Crippen molar-refractivity contribution in [3.05, 3.63) is 82.3 Å². The minimum absolute atomic E-state index is 0.176. The number of pyridine rings is 1. The van der Waals surface area contributed by atoms with Crippen LogP contribution in [0.2, 0.25) is 0 Å². The van der Waals surface area contributed by atoms with E-state index in [2.05, 4.69) is 15.3 Å². The third-order valence-corrected chi connectivity index (χ3v) is 5.55. The van der Waals surface area contributed by atoms with E-state index in [1.54, 1.807) is 23.9 Å². The van der Waals surface area contributed by atoms with Gasteiger partial charge in [0.2, 0.25) is 0 Å². The first-order valence-electron chi connectivity index (χ1n) is 9.66. The summed E-state index contributed by atoms with van der Waals surface area (Å²) < 4.78 is 18.9. The topological polar surface area (TPSA) is 92.1 Å². The summed E-state index contributed by atoms with van der Waals surface area (Å²) in [5.41, 5.74) is 3.04. The molecule has 0 spiro atoms. The molecule has 1 atom stereocenters. The maximum Gasteiger partial charge on any atom is 0.344 e. The van der Waals surface area contributed by atoms with Gasteiger partial charge in [0.1, 0.15) is 17.4 Å². The molecule has 2 aromatic heterocycles. The summed E-state index contributed by atoms with van der Waals surface area (Å²) in [4.78, 5) is 22.1. The van der Waals surface area contributed by atoms with Crippen LogP contribution in [0.15, 0.2) is 70.7 Å². The molecule has 4 aromatic rings. The van der Waals surface area contributed by atoms with Crippen molar-refractivity contribution in [3.63, 3.8) is 0 Å². The lowest BCUT2D eigenvalue weighted by Crippen LogP contribution is -2.22. The Bertz CT molecular complexity index is 1290. The molecule has 31 heavy (non-hydrogen) atoms. The monoisotopic (exact) mass is 434 g/mol. The van der Waals surface area contributed by atoms with Crippen LogP contribution in [-0.2, 0) is 17.7 Å². The normalized spacial score (nSPS) is 12.0. The van der Waals surface area contributed by atoms with E-state index in [0.717, 1.165) is 22.6 Å². The number of hydrogen-bond donors (Lipinski definition) is 1. The number of benzene rings is 2. The number of rotatable bonds is 6. The molecule has 0 aliphatic heterocycles. The minimum Gasteiger partial charge on any atom is -0.609 e. The Morgan fingerprint density at radius 3 is 2.58 bits per heavy atom. The van der Waals surface area contributed by atoms with E-state index in [0.29, 0.717) is 23.3 Å². The summed E-state index contributed by atoms with van der Waals surface area (Å²) in [7, 11) is 1.61. The molecule has 7 nitrogen and oxygen atoms in total. The summed E-state index contributed by atoms with van der Waals surface area (Å²) in [5, 5.41) is 3.74. The highest BCUT2D eigenvalue weighted by atomic mass is 32.2. The minimum atomic E-state index is -1.39. The molecular weight excluding hydrogens is 412 g/mol. The van der Waals surface area contributed by atoms with Crippen molar-refractivity contribution in [1.82, 2.24) is 14.5 Å². The predicted molar refractivity (Wildman–Crippen MR) is 123 cm³/mol. The van der Waals surface area contributed by atoms with E-state index < -0.39 is 11.2 Å². The number of methoxy groups -OCH3 is 1. The summed E-state index contributed by atoms with van der Waals surface area (Å²) >= 11 is -1.39. The first-order chi connectivity index (χ1) is 14.9. The second-order valence-corrected chi connectivity index (χ2v) is 8.43. The zero-order valence-corrected chi connectivity index (χ0v) is 18.3. The lowest BCUT2D eigenvalue weighted by molar-refractivity contribution is 0.414. The van der Waals surface area contributed by atoms with Crippen molar-refractivity contribution in [1.29, 1.82) is 0 Å². The first-order valence-corrected chi connectivity index (χ1v) is 11.2. The molecule has 1 unspecified atom stereocenters. The molecule has 0 aliphatic rings. The Morgan fingerprint density at radius 1 is 1.13 bits per heavy atom. The largest absolute Gasteiger partial charge is 0.609 e. The molecule has 0 fully saturated rings. The number of aromatic nitrogens is 3. The number of aryl methyl sites for hydroxylation is 1. The van der Waals surface area contributed by atoms with Crippen LogP contribution in [0.5, 0.6) is 5.75 Å². The maximum absolute atomic E-state index is 13.4. The van der Waals surface area contributed by atoms with Crippen LogP contribution in [0.3, 0.4) is 0 Å². The average molecular weight is 435 g/mol. The van der Waals surface area contributed by atoms with Crippen molar-refractivity contribution in [3.8, 4) is 5.75 Å². The van der Waals surface area contributed by atoms with Gasteiger partial charge in [0.15, 0.2) is 5.82 Å². The first kappa shape index (κ1) is 20.9. The molecule has 0 radical (unpaired) electrons. The van der Waals surface area contributed by atoms with Crippen LogP contribution >= 0.6 is 0 Å². The number of nitrogens with one attached hydrogen (secondary N) is 1.